The topological polar surface area (TPSA) is 87.0 Å². The highest BCUT2D eigenvalue weighted by Gasteiger charge is 2.21. The number of aryl methyl sites for hydroxylation is 1. The van der Waals surface area contributed by atoms with E-state index in [0.29, 0.717) is 0 Å². The van der Waals surface area contributed by atoms with Crippen molar-refractivity contribution < 1.29 is 4.79 Å². The predicted molar refractivity (Wildman–Crippen MR) is 114 cm³/mol. The number of hydrogen-bond acceptors (Lipinski definition) is 5. The molecule has 1 aliphatic heterocycles. The lowest BCUT2D eigenvalue weighted by Crippen LogP contribution is -2.35. The first-order chi connectivity index (χ1) is 13.1. The van der Waals surface area contributed by atoms with E-state index in [4.69, 9.17) is 5.73 Å². The van der Waals surface area contributed by atoms with Gasteiger partial charge in [-0.15, -0.1) is 11.8 Å². The Hall–Kier alpha value is -1.99. The molecule has 27 heavy (non-hydrogen) atoms. The summed E-state index contributed by atoms with van der Waals surface area (Å²) in [5.74, 6) is 0.907. The van der Waals surface area contributed by atoms with Crippen molar-refractivity contribution in [3.05, 3.63) is 35.1 Å². The van der Waals surface area contributed by atoms with Gasteiger partial charge in [0.15, 0.2) is 0 Å². The molecule has 0 aliphatic carbocycles. The number of nitrogens with two attached hydrogens (primary N) is 1. The maximum Gasteiger partial charge on any atom is 0.259 e. The van der Waals surface area contributed by atoms with Crippen LogP contribution < -0.4 is 16.0 Å². The normalized spacial score (nSPS) is 15.7. The second kappa shape index (κ2) is 9.28. The number of nitrogens with one attached hydrogen (secondary N) is 2. The third kappa shape index (κ3) is 4.84. The van der Waals surface area contributed by atoms with Crippen LogP contribution in [0.1, 0.15) is 38.2 Å². The summed E-state index contributed by atoms with van der Waals surface area (Å²) in [6, 6.07) is 2.19. The van der Waals surface area contributed by atoms with Gasteiger partial charge in [-0.3, -0.25) is 4.79 Å². The number of fused-ring (bicyclic) bond motifs is 1. The lowest BCUT2D eigenvalue weighted by atomic mass is 10.1. The molecule has 3 rings (SSSR count). The first-order valence-electron chi connectivity index (χ1n) is 9.65. The number of amides is 1. The van der Waals surface area contributed by atoms with Crippen LogP contribution in [0.5, 0.6) is 0 Å². The van der Waals surface area contributed by atoms with E-state index in [0.717, 1.165) is 71.7 Å². The summed E-state index contributed by atoms with van der Waals surface area (Å²) in [6.45, 7) is 5.76. The van der Waals surface area contributed by atoms with E-state index < -0.39 is 0 Å². The van der Waals surface area contributed by atoms with Gasteiger partial charge in [0.2, 0.25) is 0 Å². The molecule has 2 aromatic rings. The third-order valence-electron chi connectivity index (χ3n) is 4.86. The molecule has 146 valence electrons. The summed E-state index contributed by atoms with van der Waals surface area (Å²) in [4.78, 5) is 23.2. The minimum Gasteiger partial charge on any atom is -0.349 e. The van der Waals surface area contributed by atoms with E-state index in [1.165, 1.54) is 0 Å². The largest absolute Gasteiger partial charge is 0.349 e. The van der Waals surface area contributed by atoms with Crippen molar-refractivity contribution in [2.45, 2.75) is 45.6 Å². The number of hydrogen-bond donors (Lipinski definition) is 3. The number of rotatable bonds is 8. The van der Waals surface area contributed by atoms with Gasteiger partial charge in [0.1, 0.15) is 5.65 Å². The Morgan fingerprint density at radius 1 is 1.44 bits per heavy atom. The van der Waals surface area contributed by atoms with Crippen LogP contribution in [0.2, 0.25) is 0 Å². The number of carbonyl (C=O) groups excluding carboxylic acids is 1. The van der Waals surface area contributed by atoms with Crippen molar-refractivity contribution in [2.24, 2.45) is 5.73 Å². The van der Waals surface area contributed by atoms with Gasteiger partial charge in [-0.1, -0.05) is 12.8 Å². The smallest absolute Gasteiger partial charge is 0.259 e. The van der Waals surface area contributed by atoms with Gasteiger partial charge < -0.3 is 20.9 Å². The number of unbranched alkanes of at least 4 members (excludes halogenated alkanes) is 2. The Balaban J connectivity index is 1.68. The molecule has 3 heterocycles. The second-order valence-corrected chi connectivity index (χ2v) is 8.21. The first kappa shape index (κ1) is 19.8. The van der Waals surface area contributed by atoms with Crippen molar-refractivity contribution in [2.75, 3.05) is 23.7 Å². The Labute approximate surface area is 165 Å². The minimum atomic E-state index is 0.0205. The number of aromatic amines is 1. The lowest BCUT2D eigenvalue weighted by molar-refractivity contribution is -0.117. The highest BCUT2D eigenvalue weighted by molar-refractivity contribution is 8.04. The molecule has 1 amide bonds. The van der Waals surface area contributed by atoms with Crippen molar-refractivity contribution in [1.29, 1.82) is 0 Å². The lowest BCUT2D eigenvalue weighted by Gasteiger charge is -2.27. The van der Waals surface area contributed by atoms with Gasteiger partial charge in [-0.25, -0.2) is 4.98 Å². The number of anilines is 1. The molecule has 4 N–H and O–H groups in total. The minimum absolute atomic E-state index is 0.0205. The standard InChI is InChI=1S/C20H29N5OS/c1-14-12-23-19-18(14)16(7-9-22-19)25-10-11-27-17(13-25)20(26)24-15(2)6-4-3-5-8-21/h7,9,12-13,15H,3-6,8,10-11,21H2,1-2H3,(H,22,23)(H,24,26). The monoisotopic (exact) mass is 387 g/mol. The molecule has 0 fully saturated rings. The number of H-pyrrole nitrogens is 1. The van der Waals surface area contributed by atoms with Crippen LogP contribution in [0.25, 0.3) is 11.0 Å². The van der Waals surface area contributed by atoms with Gasteiger partial charge in [0.25, 0.3) is 5.91 Å². The molecule has 0 aromatic carbocycles. The number of nitrogens with zero attached hydrogens (tertiary/aromatic N) is 2. The summed E-state index contributed by atoms with van der Waals surface area (Å²) in [7, 11) is 0. The highest BCUT2D eigenvalue weighted by atomic mass is 32.2. The highest BCUT2D eigenvalue weighted by Crippen LogP contribution is 2.32. The van der Waals surface area contributed by atoms with E-state index in [1.807, 2.05) is 24.7 Å². The molecule has 0 spiro atoms. The van der Waals surface area contributed by atoms with Gasteiger partial charge in [0, 0.05) is 42.3 Å². The summed E-state index contributed by atoms with van der Waals surface area (Å²) < 4.78 is 0. The number of aromatic nitrogens is 2. The van der Waals surface area contributed by atoms with Crippen LogP contribution in [0.3, 0.4) is 0 Å². The molecule has 6 nitrogen and oxygen atoms in total. The van der Waals surface area contributed by atoms with Crippen molar-refractivity contribution in [1.82, 2.24) is 15.3 Å². The van der Waals surface area contributed by atoms with Crippen LogP contribution in [-0.4, -0.2) is 40.8 Å². The molecule has 0 radical (unpaired) electrons. The Morgan fingerprint density at radius 3 is 3.11 bits per heavy atom. The summed E-state index contributed by atoms with van der Waals surface area (Å²) in [6.07, 6.45) is 10.0. The molecule has 0 bridgehead atoms. The Kier molecular flexibility index (Phi) is 6.79. The molecule has 0 saturated carbocycles. The summed E-state index contributed by atoms with van der Waals surface area (Å²) in [5.41, 5.74) is 8.67. The third-order valence-corrected chi connectivity index (χ3v) is 5.85. The quantitative estimate of drug-likeness (QED) is 0.605. The Morgan fingerprint density at radius 2 is 2.30 bits per heavy atom. The fraction of sp³-hybridized carbons (Fsp3) is 0.500. The zero-order valence-corrected chi connectivity index (χ0v) is 16.9. The maximum atomic E-state index is 12.7. The fourth-order valence-corrected chi connectivity index (χ4v) is 4.29. The number of pyridine rings is 1. The molecule has 0 saturated heterocycles. The van der Waals surface area contributed by atoms with Gasteiger partial charge in [-0.05, 0) is 44.9 Å². The molecular weight excluding hydrogens is 358 g/mol. The van der Waals surface area contributed by atoms with Gasteiger partial charge in [-0.2, -0.15) is 0 Å². The van der Waals surface area contributed by atoms with E-state index in [2.05, 4.69) is 34.0 Å². The van der Waals surface area contributed by atoms with Gasteiger partial charge >= 0.3 is 0 Å². The molecule has 7 heteroatoms. The van der Waals surface area contributed by atoms with Crippen LogP contribution in [-0.2, 0) is 4.79 Å². The fourth-order valence-electron chi connectivity index (χ4n) is 3.39. The Bertz CT molecular complexity index is 816. The zero-order chi connectivity index (χ0) is 19.2. The van der Waals surface area contributed by atoms with E-state index in [9.17, 15) is 4.79 Å². The van der Waals surface area contributed by atoms with Crippen molar-refractivity contribution in [3.63, 3.8) is 0 Å². The zero-order valence-electron chi connectivity index (χ0n) is 16.1. The van der Waals surface area contributed by atoms with Crippen molar-refractivity contribution >= 4 is 34.4 Å². The molecule has 1 aliphatic rings. The molecule has 1 unspecified atom stereocenters. The molecular formula is C20H29N5OS. The van der Waals surface area contributed by atoms with E-state index in [-0.39, 0.29) is 11.9 Å². The van der Waals surface area contributed by atoms with Crippen molar-refractivity contribution in [3.8, 4) is 0 Å². The van der Waals surface area contributed by atoms with E-state index in [1.54, 1.807) is 11.8 Å². The second-order valence-electron chi connectivity index (χ2n) is 7.07. The first-order valence-corrected chi connectivity index (χ1v) is 10.6. The van der Waals surface area contributed by atoms with E-state index >= 15 is 0 Å². The van der Waals surface area contributed by atoms with Gasteiger partial charge in [0.05, 0.1) is 10.6 Å². The SMILES string of the molecule is Cc1c[nH]c2nccc(N3C=C(C(=O)NC(C)CCCCCN)SCC3)c12. The number of thioether (sulfide) groups is 1. The predicted octanol–water partition coefficient (Wildman–Crippen LogP) is 3.29. The molecule has 2 aromatic heterocycles. The average Bonchev–Trinajstić information content (AvgIpc) is 3.06. The van der Waals surface area contributed by atoms with Crippen LogP contribution in [0.15, 0.2) is 29.6 Å². The maximum absolute atomic E-state index is 12.7. The van der Waals surface area contributed by atoms with Crippen LogP contribution >= 0.6 is 11.8 Å². The average molecular weight is 388 g/mol. The number of carbonyl (C=O) groups is 1. The summed E-state index contributed by atoms with van der Waals surface area (Å²) in [5, 5.41) is 4.26. The molecule has 1 atom stereocenters. The van der Waals surface area contributed by atoms with Crippen LogP contribution in [0, 0.1) is 6.92 Å². The van der Waals surface area contributed by atoms with Crippen LogP contribution in [0.4, 0.5) is 5.69 Å². The summed E-state index contributed by atoms with van der Waals surface area (Å²) >= 11 is 1.62.